The molecule has 0 saturated heterocycles. The Labute approximate surface area is 122 Å². The van der Waals surface area contributed by atoms with Crippen molar-refractivity contribution in [2.75, 3.05) is 0 Å². The smallest absolute Gasteiger partial charge is 0.406 e. The maximum atomic E-state index is 12.1. The number of ether oxygens (including phenoxy) is 1. The minimum Gasteiger partial charge on any atom is -0.406 e. The minimum atomic E-state index is -4.73. The Balaban J connectivity index is 2.36. The van der Waals surface area contributed by atoms with E-state index in [0.29, 0.717) is 17.1 Å². The zero-order chi connectivity index (χ0) is 15.6. The monoisotopic (exact) mass is 311 g/mol. The van der Waals surface area contributed by atoms with Crippen LogP contribution in [0.3, 0.4) is 0 Å². The van der Waals surface area contributed by atoms with Crippen molar-refractivity contribution in [1.29, 1.82) is 5.26 Å². The highest BCUT2D eigenvalue weighted by Crippen LogP contribution is 2.25. The predicted molar refractivity (Wildman–Crippen MR) is 71.0 cm³/mol. The van der Waals surface area contributed by atoms with E-state index in [4.69, 9.17) is 17.5 Å². The van der Waals surface area contributed by atoms with E-state index in [0.717, 1.165) is 0 Å². The minimum absolute atomic E-state index is 0.138. The van der Waals surface area contributed by atoms with Gasteiger partial charge in [-0.1, -0.05) is 12.2 Å². The molecule has 0 atom stereocenters. The van der Waals surface area contributed by atoms with Crippen LogP contribution in [0.5, 0.6) is 5.75 Å². The molecule has 2 aromatic rings. The van der Waals surface area contributed by atoms with Crippen molar-refractivity contribution in [3.8, 4) is 23.2 Å². The second kappa shape index (κ2) is 5.54. The van der Waals surface area contributed by atoms with Gasteiger partial charge in [-0.15, -0.1) is 13.2 Å². The number of benzene rings is 1. The first-order valence-corrected chi connectivity index (χ1v) is 6.08. The van der Waals surface area contributed by atoms with Gasteiger partial charge in [0.1, 0.15) is 27.8 Å². The quantitative estimate of drug-likeness (QED) is 0.855. The van der Waals surface area contributed by atoms with Crippen molar-refractivity contribution in [3.63, 3.8) is 0 Å². The van der Waals surface area contributed by atoms with Crippen molar-refractivity contribution in [2.45, 2.75) is 13.3 Å². The number of H-pyrrole nitrogens is 1. The number of hydrogen-bond acceptors (Lipinski definition) is 4. The summed E-state index contributed by atoms with van der Waals surface area (Å²) in [4.78, 5) is 6.94. The summed E-state index contributed by atoms with van der Waals surface area (Å²) in [6, 6.07) is 7.12. The molecular formula is C13H8F3N3OS. The zero-order valence-electron chi connectivity index (χ0n) is 10.7. The van der Waals surface area contributed by atoms with Crippen LogP contribution in [-0.2, 0) is 0 Å². The van der Waals surface area contributed by atoms with Gasteiger partial charge in [0.25, 0.3) is 0 Å². The SMILES string of the molecule is Cc1[nH]c(-c2ccc(OC(F)(F)F)cc2)nc(=S)c1C#N. The summed E-state index contributed by atoms with van der Waals surface area (Å²) >= 11 is 5.00. The van der Waals surface area contributed by atoms with Gasteiger partial charge >= 0.3 is 6.36 Å². The second-order valence-corrected chi connectivity index (χ2v) is 4.46. The topological polar surface area (TPSA) is 61.7 Å². The molecule has 0 saturated carbocycles. The number of halogens is 3. The van der Waals surface area contributed by atoms with E-state index in [2.05, 4.69) is 14.7 Å². The second-order valence-electron chi connectivity index (χ2n) is 4.07. The molecule has 2 rings (SSSR count). The Morgan fingerprint density at radius 1 is 1.29 bits per heavy atom. The molecule has 1 heterocycles. The first-order chi connectivity index (χ1) is 9.80. The van der Waals surface area contributed by atoms with Gasteiger partial charge in [0.15, 0.2) is 0 Å². The lowest BCUT2D eigenvalue weighted by Crippen LogP contribution is -2.16. The molecule has 0 fully saturated rings. The van der Waals surface area contributed by atoms with E-state index >= 15 is 0 Å². The Morgan fingerprint density at radius 3 is 2.38 bits per heavy atom. The summed E-state index contributed by atoms with van der Waals surface area (Å²) in [5, 5.41) is 8.91. The third-order valence-electron chi connectivity index (χ3n) is 2.58. The summed E-state index contributed by atoms with van der Waals surface area (Å²) in [6.45, 7) is 1.67. The molecule has 108 valence electrons. The summed E-state index contributed by atoms with van der Waals surface area (Å²) in [6.07, 6.45) is -4.73. The van der Waals surface area contributed by atoms with E-state index in [1.54, 1.807) is 6.92 Å². The normalized spacial score (nSPS) is 11.0. The van der Waals surface area contributed by atoms with E-state index in [-0.39, 0.29) is 16.0 Å². The van der Waals surface area contributed by atoms with Crippen molar-refractivity contribution in [3.05, 3.63) is 40.2 Å². The number of aryl methyl sites for hydroxylation is 1. The maximum Gasteiger partial charge on any atom is 0.573 e. The molecule has 1 aromatic carbocycles. The largest absolute Gasteiger partial charge is 0.573 e. The molecule has 0 aliphatic heterocycles. The number of nitriles is 1. The van der Waals surface area contributed by atoms with Crippen LogP contribution in [0.15, 0.2) is 24.3 Å². The van der Waals surface area contributed by atoms with Crippen LogP contribution in [0, 0.1) is 22.9 Å². The summed E-state index contributed by atoms with van der Waals surface area (Å²) in [7, 11) is 0. The summed E-state index contributed by atoms with van der Waals surface area (Å²) in [5.74, 6) is 0.0465. The Bertz CT molecular complexity index is 760. The van der Waals surface area contributed by atoms with E-state index in [1.807, 2.05) is 6.07 Å². The van der Waals surface area contributed by atoms with Gasteiger partial charge in [0.05, 0.1) is 0 Å². The maximum absolute atomic E-state index is 12.1. The lowest BCUT2D eigenvalue weighted by molar-refractivity contribution is -0.274. The van der Waals surface area contributed by atoms with Crippen LogP contribution in [0.25, 0.3) is 11.4 Å². The zero-order valence-corrected chi connectivity index (χ0v) is 11.5. The molecule has 4 nitrogen and oxygen atoms in total. The van der Waals surface area contributed by atoms with Gasteiger partial charge in [-0.05, 0) is 31.2 Å². The van der Waals surface area contributed by atoms with Crippen LogP contribution >= 0.6 is 12.2 Å². The third kappa shape index (κ3) is 3.58. The summed E-state index contributed by atoms with van der Waals surface area (Å²) in [5.41, 5.74) is 1.34. The van der Waals surface area contributed by atoms with Crippen molar-refractivity contribution < 1.29 is 17.9 Å². The van der Waals surface area contributed by atoms with Gasteiger partial charge in [-0.25, -0.2) is 4.98 Å². The molecule has 1 aromatic heterocycles. The molecule has 0 amide bonds. The third-order valence-corrected chi connectivity index (χ3v) is 2.88. The molecule has 0 aliphatic carbocycles. The Hall–Kier alpha value is -2.40. The number of nitrogens with one attached hydrogen (secondary N) is 1. The highest BCUT2D eigenvalue weighted by molar-refractivity contribution is 7.71. The molecule has 21 heavy (non-hydrogen) atoms. The molecule has 0 aliphatic rings. The molecule has 0 spiro atoms. The highest BCUT2D eigenvalue weighted by Gasteiger charge is 2.30. The summed E-state index contributed by atoms with van der Waals surface area (Å²) < 4.78 is 40.1. The van der Waals surface area contributed by atoms with Crippen molar-refractivity contribution in [1.82, 2.24) is 9.97 Å². The van der Waals surface area contributed by atoms with Gasteiger partial charge in [-0.3, -0.25) is 0 Å². The number of rotatable bonds is 2. The predicted octanol–water partition coefficient (Wildman–Crippen LogP) is 3.88. The Kier molecular flexibility index (Phi) is 3.95. The average molecular weight is 311 g/mol. The van der Waals surface area contributed by atoms with Gasteiger partial charge in [-0.2, -0.15) is 5.26 Å². The fourth-order valence-electron chi connectivity index (χ4n) is 1.67. The van der Waals surface area contributed by atoms with Crippen molar-refractivity contribution >= 4 is 12.2 Å². The number of aromatic amines is 1. The fourth-order valence-corrected chi connectivity index (χ4v) is 1.96. The van der Waals surface area contributed by atoms with Gasteiger partial charge in [0, 0.05) is 11.3 Å². The van der Waals surface area contributed by atoms with Gasteiger partial charge in [0.2, 0.25) is 0 Å². The molecule has 1 N–H and O–H groups in total. The number of hydrogen-bond donors (Lipinski definition) is 1. The number of nitrogens with zero attached hydrogens (tertiary/aromatic N) is 2. The van der Waals surface area contributed by atoms with Crippen LogP contribution in [0.2, 0.25) is 0 Å². The first-order valence-electron chi connectivity index (χ1n) is 5.67. The van der Waals surface area contributed by atoms with Gasteiger partial charge < -0.3 is 9.72 Å². The lowest BCUT2D eigenvalue weighted by atomic mass is 10.2. The number of alkyl halides is 3. The van der Waals surface area contributed by atoms with E-state index in [9.17, 15) is 13.2 Å². The number of aromatic nitrogens is 2. The fraction of sp³-hybridized carbons (Fsp3) is 0.154. The average Bonchev–Trinajstić information content (AvgIpc) is 2.37. The van der Waals surface area contributed by atoms with Crippen LogP contribution < -0.4 is 4.74 Å². The molecule has 0 bridgehead atoms. The first kappa shape index (κ1) is 15.0. The van der Waals surface area contributed by atoms with Crippen LogP contribution in [0.1, 0.15) is 11.3 Å². The Morgan fingerprint density at radius 2 is 1.90 bits per heavy atom. The molecule has 0 unspecified atom stereocenters. The highest BCUT2D eigenvalue weighted by atomic mass is 32.1. The molecular weight excluding hydrogens is 303 g/mol. The van der Waals surface area contributed by atoms with Crippen LogP contribution in [0.4, 0.5) is 13.2 Å². The molecule has 0 radical (unpaired) electrons. The van der Waals surface area contributed by atoms with E-state index in [1.165, 1.54) is 24.3 Å². The lowest BCUT2D eigenvalue weighted by Gasteiger charge is -2.09. The standard InChI is InChI=1S/C13H8F3N3OS/c1-7-10(6-17)12(21)19-11(18-7)8-2-4-9(5-3-8)20-13(14,15)16/h2-5H,1H3,(H,18,19,21). The molecule has 8 heteroatoms. The van der Waals surface area contributed by atoms with Crippen LogP contribution in [-0.4, -0.2) is 16.3 Å². The van der Waals surface area contributed by atoms with E-state index < -0.39 is 6.36 Å². The van der Waals surface area contributed by atoms with Crippen molar-refractivity contribution in [2.24, 2.45) is 0 Å².